The van der Waals surface area contributed by atoms with Crippen LogP contribution in [-0.4, -0.2) is 18.5 Å². The van der Waals surface area contributed by atoms with Gasteiger partial charge < -0.3 is 11.1 Å². The molecule has 1 fully saturated rings. The molecule has 1 rings (SSSR count). The molecule has 58 valence electrons. The van der Waals surface area contributed by atoms with Crippen LogP contribution in [0.5, 0.6) is 0 Å². The zero-order valence-electron chi connectivity index (χ0n) is 6.26. The van der Waals surface area contributed by atoms with Crippen LogP contribution in [-0.2, 0) is 4.79 Å². The molecule has 0 spiro atoms. The second kappa shape index (κ2) is 3.01. The molecule has 0 saturated carbocycles. The molecule has 0 aromatic carbocycles. The van der Waals surface area contributed by atoms with Crippen molar-refractivity contribution in [3.8, 4) is 0 Å². The Kier molecular flexibility index (Phi) is 2.27. The average molecular weight is 142 g/mol. The van der Waals surface area contributed by atoms with E-state index in [2.05, 4.69) is 5.32 Å². The Balaban J connectivity index is 2.24. The van der Waals surface area contributed by atoms with Crippen LogP contribution >= 0.6 is 0 Å². The number of nitrogens with one attached hydrogen (secondary N) is 1. The summed E-state index contributed by atoms with van der Waals surface area (Å²) in [4.78, 5) is 10.7. The van der Waals surface area contributed by atoms with Crippen LogP contribution in [0.4, 0.5) is 0 Å². The van der Waals surface area contributed by atoms with Crippen molar-refractivity contribution >= 4 is 5.91 Å². The first-order valence-corrected chi connectivity index (χ1v) is 3.70. The minimum atomic E-state index is 0.172. The van der Waals surface area contributed by atoms with Crippen molar-refractivity contribution in [1.82, 2.24) is 5.32 Å². The fraction of sp³-hybridized carbons (Fsp3) is 0.857. The fourth-order valence-corrected chi connectivity index (χ4v) is 1.36. The van der Waals surface area contributed by atoms with E-state index in [4.69, 9.17) is 5.73 Å². The molecule has 2 atom stereocenters. The number of carbonyl (C=O) groups is 1. The first kappa shape index (κ1) is 7.54. The summed E-state index contributed by atoms with van der Waals surface area (Å²) in [5, 5.41) is 2.78. The lowest BCUT2D eigenvalue weighted by atomic mass is 10.0. The molecule has 0 bridgehead atoms. The van der Waals surface area contributed by atoms with E-state index >= 15 is 0 Å². The molecule has 1 amide bonds. The lowest BCUT2D eigenvalue weighted by Crippen LogP contribution is -2.21. The molecule has 0 aromatic heterocycles. The van der Waals surface area contributed by atoms with Crippen LogP contribution in [0.2, 0.25) is 0 Å². The van der Waals surface area contributed by atoms with Gasteiger partial charge in [-0.05, 0) is 19.3 Å². The van der Waals surface area contributed by atoms with Crippen molar-refractivity contribution in [3.05, 3.63) is 0 Å². The highest BCUT2D eigenvalue weighted by molar-refractivity contribution is 5.78. The van der Waals surface area contributed by atoms with Crippen LogP contribution in [0.1, 0.15) is 19.8 Å². The van der Waals surface area contributed by atoms with Crippen molar-refractivity contribution in [1.29, 1.82) is 0 Å². The molecule has 1 aliphatic heterocycles. The molecular weight excluding hydrogens is 128 g/mol. The van der Waals surface area contributed by atoms with Crippen molar-refractivity contribution in [2.75, 3.05) is 6.54 Å². The van der Waals surface area contributed by atoms with Gasteiger partial charge in [-0.25, -0.2) is 0 Å². The molecule has 0 radical (unpaired) electrons. The number of rotatable bonds is 2. The molecule has 3 heteroatoms. The van der Waals surface area contributed by atoms with Gasteiger partial charge in [-0.15, -0.1) is 0 Å². The summed E-state index contributed by atoms with van der Waals surface area (Å²) in [5.74, 6) is 0.651. The number of hydrogen-bond acceptors (Lipinski definition) is 2. The summed E-state index contributed by atoms with van der Waals surface area (Å²) < 4.78 is 0. The molecule has 1 aliphatic rings. The van der Waals surface area contributed by atoms with Gasteiger partial charge >= 0.3 is 0 Å². The van der Waals surface area contributed by atoms with Crippen LogP contribution in [0.3, 0.4) is 0 Å². The maximum Gasteiger partial charge on any atom is 0.220 e. The Morgan fingerprint density at radius 2 is 2.60 bits per heavy atom. The lowest BCUT2D eigenvalue weighted by molar-refractivity contribution is -0.119. The summed E-state index contributed by atoms with van der Waals surface area (Å²) in [6.07, 6.45) is 1.63. The normalized spacial score (nSPS) is 28.2. The minimum Gasteiger partial charge on any atom is -0.356 e. The predicted molar refractivity (Wildman–Crippen MR) is 39.4 cm³/mol. The van der Waals surface area contributed by atoms with E-state index < -0.39 is 0 Å². The molecule has 0 aromatic rings. The maximum absolute atomic E-state index is 10.7. The zero-order chi connectivity index (χ0) is 7.56. The monoisotopic (exact) mass is 142 g/mol. The maximum atomic E-state index is 10.7. The summed E-state index contributed by atoms with van der Waals surface area (Å²) in [6.45, 7) is 2.79. The molecule has 1 heterocycles. The van der Waals surface area contributed by atoms with Gasteiger partial charge in [0.15, 0.2) is 0 Å². The molecule has 3 N–H and O–H groups in total. The first-order valence-electron chi connectivity index (χ1n) is 3.70. The van der Waals surface area contributed by atoms with Gasteiger partial charge in [0.1, 0.15) is 0 Å². The van der Waals surface area contributed by atoms with Crippen molar-refractivity contribution < 1.29 is 4.79 Å². The van der Waals surface area contributed by atoms with Gasteiger partial charge in [0.05, 0.1) is 0 Å². The van der Waals surface area contributed by atoms with Gasteiger partial charge in [0, 0.05) is 19.0 Å². The fourth-order valence-electron chi connectivity index (χ4n) is 1.36. The van der Waals surface area contributed by atoms with Crippen LogP contribution in [0.15, 0.2) is 0 Å². The average Bonchev–Trinajstić information content (AvgIpc) is 2.13. The topological polar surface area (TPSA) is 55.1 Å². The smallest absolute Gasteiger partial charge is 0.220 e. The highest BCUT2D eigenvalue weighted by Crippen LogP contribution is 2.13. The van der Waals surface area contributed by atoms with E-state index in [1.807, 2.05) is 6.92 Å². The molecule has 10 heavy (non-hydrogen) atoms. The van der Waals surface area contributed by atoms with E-state index in [1.165, 1.54) is 0 Å². The second-order valence-corrected chi connectivity index (χ2v) is 3.09. The Morgan fingerprint density at radius 3 is 3.00 bits per heavy atom. The first-order chi connectivity index (χ1) is 4.68. The number of hydrogen-bond donors (Lipinski definition) is 2. The molecule has 3 nitrogen and oxygen atoms in total. The minimum absolute atomic E-state index is 0.172. The van der Waals surface area contributed by atoms with E-state index in [1.54, 1.807) is 0 Å². The molecule has 0 aliphatic carbocycles. The Labute approximate surface area is 61.0 Å². The zero-order valence-corrected chi connectivity index (χ0v) is 6.26. The van der Waals surface area contributed by atoms with E-state index in [0.717, 1.165) is 13.0 Å². The van der Waals surface area contributed by atoms with E-state index in [0.29, 0.717) is 12.3 Å². The van der Waals surface area contributed by atoms with Crippen LogP contribution in [0.25, 0.3) is 0 Å². The highest BCUT2D eigenvalue weighted by Gasteiger charge is 2.21. The van der Waals surface area contributed by atoms with Gasteiger partial charge in [-0.2, -0.15) is 0 Å². The van der Waals surface area contributed by atoms with E-state index in [-0.39, 0.29) is 11.9 Å². The number of carbonyl (C=O) groups excluding carboxylic acids is 1. The Morgan fingerprint density at radius 1 is 1.90 bits per heavy atom. The van der Waals surface area contributed by atoms with Crippen LogP contribution < -0.4 is 11.1 Å². The van der Waals surface area contributed by atoms with E-state index in [9.17, 15) is 4.79 Å². The number of amides is 1. The molecule has 2 unspecified atom stereocenters. The summed E-state index contributed by atoms with van der Waals surface area (Å²) in [6, 6.07) is 0.220. The van der Waals surface area contributed by atoms with Gasteiger partial charge in [-0.3, -0.25) is 4.79 Å². The Bertz CT molecular complexity index is 134. The van der Waals surface area contributed by atoms with Gasteiger partial charge in [0.2, 0.25) is 5.91 Å². The summed E-state index contributed by atoms with van der Waals surface area (Å²) in [5.41, 5.74) is 5.58. The predicted octanol–water partition coefficient (Wildman–Crippen LogP) is -0.140. The molecular formula is C7H14N2O. The summed E-state index contributed by atoms with van der Waals surface area (Å²) in [7, 11) is 0. The third kappa shape index (κ3) is 1.99. The largest absolute Gasteiger partial charge is 0.356 e. The Hall–Kier alpha value is -0.570. The third-order valence-corrected chi connectivity index (χ3v) is 1.77. The third-order valence-electron chi connectivity index (χ3n) is 1.77. The van der Waals surface area contributed by atoms with Gasteiger partial charge in [0.25, 0.3) is 0 Å². The molecule has 1 saturated heterocycles. The van der Waals surface area contributed by atoms with Crippen molar-refractivity contribution in [2.45, 2.75) is 25.8 Å². The lowest BCUT2D eigenvalue weighted by Gasteiger charge is -2.08. The highest BCUT2D eigenvalue weighted by atomic mass is 16.1. The van der Waals surface area contributed by atoms with Crippen LogP contribution in [0, 0.1) is 5.92 Å². The van der Waals surface area contributed by atoms with Crippen molar-refractivity contribution in [3.63, 3.8) is 0 Å². The SMILES string of the molecule is CC(N)CC1CNC(=O)C1. The standard InChI is InChI=1S/C7H14N2O/c1-5(8)2-6-3-7(10)9-4-6/h5-6H,2-4,8H2,1H3,(H,9,10). The summed E-state index contributed by atoms with van der Waals surface area (Å²) >= 11 is 0. The van der Waals surface area contributed by atoms with Crippen molar-refractivity contribution in [2.24, 2.45) is 11.7 Å². The second-order valence-electron chi connectivity index (χ2n) is 3.09. The number of nitrogens with two attached hydrogens (primary N) is 1. The quantitative estimate of drug-likeness (QED) is 0.564. The van der Waals surface area contributed by atoms with Gasteiger partial charge in [-0.1, -0.05) is 0 Å².